The van der Waals surface area contributed by atoms with Gasteiger partial charge in [0.2, 0.25) is 5.91 Å². The highest BCUT2D eigenvalue weighted by molar-refractivity contribution is 6.42. The van der Waals surface area contributed by atoms with Crippen LogP contribution in [0, 0.1) is 11.8 Å². The van der Waals surface area contributed by atoms with Crippen molar-refractivity contribution in [1.82, 2.24) is 10.2 Å². The lowest BCUT2D eigenvalue weighted by Gasteiger charge is -2.17. The van der Waals surface area contributed by atoms with Crippen LogP contribution in [0.5, 0.6) is 0 Å². The number of fused-ring (bicyclic) bond motifs is 1. The van der Waals surface area contributed by atoms with E-state index in [1.54, 1.807) is 12.1 Å². The molecule has 2 fully saturated rings. The lowest BCUT2D eigenvalue weighted by atomic mass is 10.0. The van der Waals surface area contributed by atoms with Gasteiger partial charge < -0.3 is 10.2 Å². The summed E-state index contributed by atoms with van der Waals surface area (Å²) in [4.78, 5) is 14.3. The van der Waals surface area contributed by atoms with Gasteiger partial charge in [0.05, 0.1) is 16.5 Å². The van der Waals surface area contributed by atoms with Crippen molar-refractivity contribution in [3.63, 3.8) is 0 Å². The van der Waals surface area contributed by atoms with Gasteiger partial charge in [-0.05, 0) is 29.5 Å². The smallest absolute Gasteiger partial charge is 0.227 e. The Kier molecular flexibility index (Phi) is 5.19. The van der Waals surface area contributed by atoms with Gasteiger partial charge in [0, 0.05) is 26.2 Å². The Hall–Kier alpha value is -0.480. The topological polar surface area (TPSA) is 32.3 Å². The highest BCUT2D eigenvalue weighted by Gasteiger charge is 2.37. The number of rotatable bonds is 2. The number of halogens is 3. The van der Waals surface area contributed by atoms with Gasteiger partial charge >= 0.3 is 0 Å². The molecule has 20 heavy (non-hydrogen) atoms. The molecule has 3 rings (SSSR count). The van der Waals surface area contributed by atoms with Gasteiger partial charge in [-0.25, -0.2) is 0 Å². The molecule has 1 aromatic carbocycles. The molecule has 0 aromatic heterocycles. The SMILES string of the molecule is Cl.O=C(Cc1ccc(Cl)c(Cl)c1)N1C[C@H]2CNC[C@H]2C1. The third kappa shape index (κ3) is 3.22. The first-order chi connectivity index (χ1) is 9.13. The second-order valence-corrected chi connectivity index (χ2v) is 6.22. The van der Waals surface area contributed by atoms with Gasteiger partial charge in [-0.1, -0.05) is 29.3 Å². The van der Waals surface area contributed by atoms with Crippen LogP contribution in [0.25, 0.3) is 0 Å². The van der Waals surface area contributed by atoms with Gasteiger partial charge in [-0.3, -0.25) is 4.79 Å². The standard InChI is InChI=1S/C14H16Cl2N2O.ClH/c15-12-2-1-9(3-13(12)16)4-14(19)18-7-10-5-17-6-11(10)8-18;/h1-3,10-11,17H,4-8H2;1H/t10-,11+;. The van der Waals surface area contributed by atoms with Gasteiger partial charge in [-0.2, -0.15) is 0 Å². The molecule has 0 bridgehead atoms. The molecular formula is C14H17Cl3N2O. The fourth-order valence-electron chi connectivity index (χ4n) is 3.00. The number of hydrogen-bond donors (Lipinski definition) is 1. The normalized spacial score (nSPS) is 24.4. The summed E-state index contributed by atoms with van der Waals surface area (Å²) in [5, 5.41) is 4.41. The van der Waals surface area contributed by atoms with Crippen molar-refractivity contribution < 1.29 is 4.79 Å². The fraction of sp³-hybridized carbons (Fsp3) is 0.500. The molecule has 6 heteroatoms. The third-order valence-electron chi connectivity index (χ3n) is 4.08. The molecule has 1 N–H and O–H groups in total. The van der Waals surface area contributed by atoms with Gasteiger partial charge in [0.15, 0.2) is 0 Å². The van der Waals surface area contributed by atoms with Crippen LogP contribution in [0.15, 0.2) is 18.2 Å². The predicted molar refractivity (Wildman–Crippen MR) is 83.8 cm³/mol. The second kappa shape index (κ2) is 6.52. The average molecular weight is 336 g/mol. The number of amides is 1. The molecule has 2 saturated heterocycles. The maximum atomic E-state index is 12.3. The van der Waals surface area contributed by atoms with Crippen molar-refractivity contribution in [2.45, 2.75) is 6.42 Å². The zero-order valence-corrected chi connectivity index (χ0v) is 13.3. The van der Waals surface area contributed by atoms with E-state index >= 15 is 0 Å². The molecule has 3 nitrogen and oxygen atoms in total. The Labute approximate surface area is 135 Å². The predicted octanol–water partition coefficient (Wildman–Crippen LogP) is 2.64. The molecule has 0 spiro atoms. The summed E-state index contributed by atoms with van der Waals surface area (Å²) < 4.78 is 0. The minimum absolute atomic E-state index is 0. The van der Waals surface area contributed by atoms with E-state index in [4.69, 9.17) is 23.2 Å². The second-order valence-electron chi connectivity index (χ2n) is 5.40. The number of nitrogens with one attached hydrogen (secondary N) is 1. The van der Waals surface area contributed by atoms with Crippen LogP contribution in [-0.4, -0.2) is 37.0 Å². The van der Waals surface area contributed by atoms with E-state index in [2.05, 4.69) is 5.32 Å². The first-order valence-electron chi connectivity index (χ1n) is 6.56. The fourth-order valence-corrected chi connectivity index (χ4v) is 3.32. The zero-order valence-electron chi connectivity index (χ0n) is 10.9. The van der Waals surface area contributed by atoms with Gasteiger partial charge in [0.25, 0.3) is 0 Å². The molecule has 110 valence electrons. The van der Waals surface area contributed by atoms with Crippen LogP contribution in [0.4, 0.5) is 0 Å². The van der Waals surface area contributed by atoms with Crippen molar-refractivity contribution in [3.05, 3.63) is 33.8 Å². The number of carbonyl (C=O) groups is 1. The van der Waals surface area contributed by atoms with Crippen LogP contribution in [-0.2, 0) is 11.2 Å². The highest BCUT2D eigenvalue weighted by Crippen LogP contribution is 2.27. The third-order valence-corrected chi connectivity index (χ3v) is 4.82. The monoisotopic (exact) mass is 334 g/mol. The molecular weight excluding hydrogens is 319 g/mol. The van der Waals surface area contributed by atoms with E-state index in [1.807, 2.05) is 11.0 Å². The Morgan fingerprint density at radius 3 is 2.45 bits per heavy atom. The van der Waals surface area contributed by atoms with Crippen molar-refractivity contribution >= 4 is 41.5 Å². The number of likely N-dealkylation sites (tertiary alicyclic amines) is 1. The maximum absolute atomic E-state index is 12.3. The largest absolute Gasteiger partial charge is 0.342 e. The number of carbonyl (C=O) groups excluding carboxylic acids is 1. The highest BCUT2D eigenvalue weighted by atomic mass is 35.5. The van der Waals surface area contributed by atoms with E-state index in [9.17, 15) is 4.79 Å². The van der Waals surface area contributed by atoms with Crippen LogP contribution in [0.1, 0.15) is 5.56 Å². The summed E-state index contributed by atoms with van der Waals surface area (Å²) in [6, 6.07) is 5.39. The van der Waals surface area contributed by atoms with Crippen molar-refractivity contribution in [3.8, 4) is 0 Å². The quantitative estimate of drug-likeness (QED) is 0.901. The number of benzene rings is 1. The first-order valence-corrected chi connectivity index (χ1v) is 7.31. The van der Waals surface area contributed by atoms with Crippen LogP contribution in [0.2, 0.25) is 10.0 Å². The molecule has 0 saturated carbocycles. The van der Waals surface area contributed by atoms with E-state index < -0.39 is 0 Å². The minimum Gasteiger partial charge on any atom is -0.342 e. The summed E-state index contributed by atoms with van der Waals surface area (Å²) in [5.74, 6) is 1.46. The molecule has 2 heterocycles. The summed E-state index contributed by atoms with van der Waals surface area (Å²) in [5.41, 5.74) is 0.926. The minimum atomic E-state index is 0. The number of hydrogen-bond acceptors (Lipinski definition) is 2. The lowest BCUT2D eigenvalue weighted by molar-refractivity contribution is -0.129. The molecule has 0 aliphatic carbocycles. The molecule has 2 aliphatic rings. The Balaban J connectivity index is 0.00000147. The molecule has 1 aromatic rings. The lowest BCUT2D eigenvalue weighted by Crippen LogP contribution is -2.32. The zero-order chi connectivity index (χ0) is 13.4. The first kappa shape index (κ1) is 15.9. The Morgan fingerprint density at radius 2 is 1.85 bits per heavy atom. The number of nitrogens with zero attached hydrogens (tertiary/aromatic N) is 1. The van der Waals surface area contributed by atoms with Gasteiger partial charge in [-0.15, -0.1) is 12.4 Å². The summed E-state index contributed by atoms with van der Waals surface area (Å²) in [7, 11) is 0. The average Bonchev–Trinajstić information content (AvgIpc) is 2.94. The summed E-state index contributed by atoms with van der Waals surface area (Å²) >= 11 is 11.8. The molecule has 0 radical (unpaired) electrons. The van der Waals surface area contributed by atoms with Crippen molar-refractivity contribution in [2.75, 3.05) is 26.2 Å². The molecule has 1 amide bonds. The van der Waals surface area contributed by atoms with E-state index in [0.717, 1.165) is 31.7 Å². The van der Waals surface area contributed by atoms with E-state index in [1.165, 1.54) is 0 Å². The van der Waals surface area contributed by atoms with Crippen molar-refractivity contribution in [2.24, 2.45) is 11.8 Å². The Bertz CT molecular complexity index is 497. The Morgan fingerprint density at radius 1 is 1.20 bits per heavy atom. The van der Waals surface area contributed by atoms with E-state index in [0.29, 0.717) is 28.3 Å². The molecule has 2 aliphatic heterocycles. The molecule has 2 atom stereocenters. The van der Waals surface area contributed by atoms with Crippen LogP contribution >= 0.6 is 35.6 Å². The summed E-state index contributed by atoms with van der Waals surface area (Å²) in [6.07, 6.45) is 0.407. The van der Waals surface area contributed by atoms with Crippen LogP contribution in [0.3, 0.4) is 0 Å². The summed E-state index contributed by atoms with van der Waals surface area (Å²) in [6.45, 7) is 3.86. The van der Waals surface area contributed by atoms with Gasteiger partial charge in [0.1, 0.15) is 0 Å². The molecule has 0 unspecified atom stereocenters. The van der Waals surface area contributed by atoms with Crippen LogP contribution < -0.4 is 5.32 Å². The maximum Gasteiger partial charge on any atom is 0.227 e. The van der Waals surface area contributed by atoms with E-state index in [-0.39, 0.29) is 18.3 Å². The van der Waals surface area contributed by atoms with Crippen molar-refractivity contribution in [1.29, 1.82) is 0 Å².